The highest BCUT2D eigenvalue weighted by Crippen LogP contribution is 2.54. The average Bonchev–Trinajstić information content (AvgIpc) is 3.54. The minimum absolute atomic E-state index is 0.615. The highest BCUT2D eigenvalue weighted by Gasteiger charge is 2.45. The molecule has 1 aliphatic rings. The number of para-hydroxylation sites is 3. The van der Waals surface area contributed by atoms with E-state index in [9.17, 15) is 0 Å². The fraction of sp³-hybridized carbons (Fsp3) is 0.0213. The van der Waals surface area contributed by atoms with Crippen LogP contribution in [0.15, 0.2) is 194 Å². The third-order valence-corrected chi connectivity index (χ3v) is 13.9. The lowest BCUT2D eigenvalue weighted by Crippen LogP contribution is -2.35. The number of nitrogens with zero attached hydrogens (tertiary/aromatic N) is 1. The summed E-state index contributed by atoms with van der Waals surface area (Å²) in [5.74, 6) is 0. The minimum Gasteiger partial charge on any atom is -0.309 e. The van der Waals surface area contributed by atoms with Crippen LogP contribution in [0.25, 0.3) is 38.3 Å². The third-order valence-electron chi connectivity index (χ3n) is 10.7. The van der Waals surface area contributed by atoms with Crippen LogP contribution < -0.4 is 15.9 Å². The summed E-state index contributed by atoms with van der Waals surface area (Å²) in [6.07, 6.45) is 0. The van der Waals surface area contributed by atoms with Gasteiger partial charge in [-0.15, -0.1) is 0 Å². The summed E-state index contributed by atoms with van der Waals surface area (Å²) >= 11 is 0. The highest BCUT2D eigenvalue weighted by molar-refractivity contribution is 7.85. The first kappa shape index (κ1) is 29.0. The van der Waals surface area contributed by atoms with Gasteiger partial charge in [0, 0.05) is 26.7 Å². The summed E-state index contributed by atoms with van der Waals surface area (Å²) in [7, 11) is -3.26. The summed E-state index contributed by atoms with van der Waals surface area (Å²) < 4.78 is 18.3. The molecular weight excluding hydrogens is 625 g/mol. The molecule has 8 aromatic carbocycles. The largest absolute Gasteiger partial charge is 0.309 e. The molecule has 236 valence electrons. The maximum atomic E-state index is 15.9. The molecule has 0 radical (unpaired) electrons. The zero-order chi connectivity index (χ0) is 33.3. The van der Waals surface area contributed by atoms with Gasteiger partial charge < -0.3 is 9.13 Å². The second-order valence-electron chi connectivity index (χ2n) is 13.2. The van der Waals surface area contributed by atoms with Crippen LogP contribution in [0.5, 0.6) is 0 Å². The molecule has 2 unspecified atom stereocenters. The number of benzene rings is 8. The lowest BCUT2D eigenvalue weighted by Gasteiger charge is -2.41. The van der Waals surface area contributed by atoms with Crippen molar-refractivity contribution in [2.75, 3.05) is 0 Å². The van der Waals surface area contributed by atoms with E-state index in [1.165, 1.54) is 44.2 Å². The molecule has 9 aromatic rings. The number of hydrogen-bond acceptors (Lipinski definition) is 1. The molecule has 50 heavy (non-hydrogen) atoms. The molecule has 2 nitrogen and oxygen atoms in total. The Bertz CT molecular complexity index is 2780. The lowest BCUT2D eigenvalue weighted by atomic mass is 9.63. The first-order valence-corrected chi connectivity index (χ1v) is 18.8. The number of aromatic nitrogens is 1. The molecule has 1 aliphatic heterocycles. The predicted octanol–water partition coefficient (Wildman–Crippen LogP) is 10.3. The molecule has 0 amide bonds. The van der Waals surface area contributed by atoms with Gasteiger partial charge in [-0.3, -0.25) is 0 Å². The molecule has 2 atom stereocenters. The summed E-state index contributed by atoms with van der Waals surface area (Å²) in [4.78, 5) is 0. The van der Waals surface area contributed by atoms with Crippen molar-refractivity contribution in [2.45, 2.75) is 5.41 Å². The van der Waals surface area contributed by atoms with Crippen molar-refractivity contribution >= 4 is 55.6 Å². The molecule has 10 rings (SSSR count). The normalized spacial score (nSPS) is 16.3. The average molecular weight is 658 g/mol. The Morgan fingerprint density at radius 2 is 0.980 bits per heavy atom. The van der Waals surface area contributed by atoms with Crippen LogP contribution in [-0.2, 0) is 9.98 Å². The van der Waals surface area contributed by atoms with E-state index in [1.807, 2.05) is 54.6 Å². The summed E-state index contributed by atoms with van der Waals surface area (Å²) in [6, 6.07) is 68.4. The van der Waals surface area contributed by atoms with Gasteiger partial charge in [-0.2, -0.15) is 0 Å². The first-order chi connectivity index (χ1) is 24.7. The Balaban J connectivity index is 1.28. The monoisotopic (exact) mass is 657 g/mol. The predicted molar refractivity (Wildman–Crippen MR) is 210 cm³/mol. The van der Waals surface area contributed by atoms with Crippen molar-refractivity contribution < 1.29 is 4.57 Å². The number of fused-ring (bicyclic) bond motifs is 6. The zero-order valence-electron chi connectivity index (χ0n) is 27.3. The molecule has 0 spiro atoms. The van der Waals surface area contributed by atoms with Crippen molar-refractivity contribution in [3.05, 3.63) is 216 Å². The minimum atomic E-state index is -3.26. The van der Waals surface area contributed by atoms with Crippen molar-refractivity contribution in [1.82, 2.24) is 4.57 Å². The van der Waals surface area contributed by atoms with Gasteiger partial charge in [0.1, 0.15) is 0 Å². The van der Waals surface area contributed by atoms with E-state index in [0.717, 1.165) is 32.2 Å². The van der Waals surface area contributed by atoms with E-state index in [1.54, 1.807) is 0 Å². The molecule has 2 heterocycles. The lowest BCUT2D eigenvalue weighted by molar-refractivity contribution is 0.592. The highest BCUT2D eigenvalue weighted by atomic mass is 31.2. The molecular formula is C47H32NOP. The molecule has 0 N–H and O–H groups in total. The quantitative estimate of drug-likeness (QED) is 0.169. The van der Waals surface area contributed by atoms with Crippen LogP contribution in [0.2, 0.25) is 0 Å². The van der Waals surface area contributed by atoms with E-state index in [0.29, 0.717) is 0 Å². The SMILES string of the molecule is O=P(c1ccccc1)(c1ccc(C2(c3ccccc3)c3ccccc3-n3c4ccccc4c4cccc2c43)cc1)c1cccc2ccccc12. The van der Waals surface area contributed by atoms with Gasteiger partial charge in [0.05, 0.1) is 22.1 Å². The second kappa shape index (κ2) is 11.0. The van der Waals surface area contributed by atoms with Gasteiger partial charge in [-0.1, -0.05) is 182 Å². The molecule has 0 bridgehead atoms. The molecule has 0 saturated heterocycles. The second-order valence-corrected chi connectivity index (χ2v) is 15.9. The van der Waals surface area contributed by atoms with Crippen LogP contribution in [0.3, 0.4) is 0 Å². The van der Waals surface area contributed by atoms with E-state index in [2.05, 4.69) is 144 Å². The number of rotatable bonds is 5. The van der Waals surface area contributed by atoms with Gasteiger partial charge in [0.15, 0.2) is 7.14 Å². The summed E-state index contributed by atoms with van der Waals surface area (Å²) in [5, 5.41) is 7.12. The van der Waals surface area contributed by atoms with Gasteiger partial charge in [0.2, 0.25) is 0 Å². The standard InChI is InChI=1S/C47H32NOP/c49-50(36-19-5-2-6-20-36,45-28-13-16-33-15-7-8-21-38(33)45)37-31-29-35(30-32-37)47(34-17-3-1-4-18-34)41-24-10-12-27-44(41)48-43-26-11-9-22-39(43)40-23-14-25-42(47)46(40)48/h1-32H. The summed E-state index contributed by atoms with van der Waals surface area (Å²) in [6.45, 7) is 0. The van der Waals surface area contributed by atoms with Crippen LogP contribution in [-0.4, -0.2) is 4.57 Å². The van der Waals surface area contributed by atoms with E-state index in [-0.39, 0.29) is 0 Å². The van der Waals surface area contributed by atoms with Crippen molar-refractivity contribution in [3.63, 3.8) is 0 Å². The van der Waals surface area contributed by atoms with E-state index >= 15 is 4.57 Å². The fourth-order valence-electron chi connectivity index (χ4n) is 8.65. The van der Waals surface area contributed by atoms with E-state index < -0.39 is 12.6 Å². The van der Waals surface area contributed by atoms with Gasteiger partial charge in [0.25, 0.3) is 0 Å². The van der Waals surface area contributed by atoms with Crippen LogP contribution in [0, 0.1) is 0 Å². The van der Waals surface area contributed by atoms with Crippen molar-refractivity contribution in [1.29, 1.82) is 0 Å². The van der Waals surface area contributed by atoms with Crippen molar-refractivity contribution in [3.8, 4) is 5.69 Å². The van der Waals surface area contributed by atoms with E-state index in [4.69, 9.17) is 0 Å². The van der Waals surface area contributed by atoms with Gasteiger partial charge in [-0.25, -0.2) is 0 Å². The van der Waals surface area contributed by atoms with Crippen LogP contribution in [0.1, 0.15) is 22.3 Å². The Morgan fingerprint density at radius 1 is 0.420 bits per heavy atom. The van der Waals surface area contributed by atoms with Gasteiger partial charge in [-0.05, 0) is 45.2 Å². The van der Waals surface area contributed by atoms with Crippen LogP contribution in [0.4, 0.5) is 0 Å². The summed E-state index contributed by atoms with van der Waals surface area (Å²) in [5.41, 5.74) is 7.80. The maximum absolute atomic E-state index is 15.9. The third kappa shape index (κ3) is 3.89. The molecule has 0 aliphatic carbocycles. The maximum Gasteiger partial charge on any atom is 0.171 e. The first-order valence-electron chi connectivity index (χ1n) is 17.1. The fourth-order valence-corrected chi connectivity index (χ4v) is 11.5. The molecule has 0 saturated carbocycles. The topological polar surface area (TPSA) is 22.0 Å². The Hall–Kier alpha value is -5.95. The molecule has 1 aromatic heterocycles. The Labute approximate surface area is 291 Å². The van der Waals surface area contributed by atoms with Crippen molar-refractivity contribution in [2.24, 2.45) is 0 Å². The Kier molecular flexibility index (Phi) is 6.40. The Morgan fingerprint density at radius 3 is 1.80 bits per heavy atom. The molecule has 0 fully saturated rings. The smallest absolute Gasteiger partial charge is 0.171 e. The number of hydrogen-bond donors (Lipinski definition) is 0. The zero-order valence-corrected chi connectivity index (χ0v) is 28.2. The van der Waals surface area contributed by atoms with Gasteiger partial charge >= 0.3 is 0 Å². The van der Waals surface area contributed by atoms with Crippen LogP contribution >= 0.6 is 7.14 Å². The molecule has 3 heteroatoms.